The van der Waals surface area contributed by atoms with E-state index >= 15 is 0 Å². The van der Waals surface area contributed by atoms with Crippen LogP contribution in [-0.4, -0.2) is 47.8 Å². The fraction of sp³-hybridized carbons (Fsp3) is 0.824. The fourth-order valence-corrected chi connectivity index (χ4v) is 3.26. The molecule has 5 nitrogen and oxygen atoms in total. The Morgan fingerprint density at radius 3 is 2.18 bits per heavy atom. The lowest BCUT2D eigenvalue weighted by Gasteiger charge is -2.31. The maximum Gasteiger partial charge on any atom is 0.240 e. The molecule has 0 aromatic heterocycles. The predicted molar refractivity (Wildman–Crippen MR) is 83.7 cm³/mol. The first-order valence-electron chi connectivity index (χ1n) is 8.58. The molecule has 2 heterocycles. The number of nitrogens with zero attached hydrogens (tertiary/aromatic N) is 3. The Morgan fingerprint density at radius 1 is 1.05 bits per heavy atom. The molecule has 2 amide bonds. The molecule has 22 heavy (non-hydrogen) atoms. The lowest BCUT2D eigenvalue weighted by Crippen LogP contribution is -2.43. The molecule has 2 aliphatic heterocycles. The molecule has 1 unspecified atom stereocenters. The van der Waals surface area contributed by atoms with Gasteiger partial charge in [0.05, 0.1) is 12.5 Å². The number of amides is 2. The second-order valence-electron chi connectivity index (χ2n) is 6.69. The Morgan fingerprint density at radius 2 is 1.64 bits per heavy atom. The van der Waals surface area contributed by atoms with Gasteiger partial charge in [-0.2, -0.15) is 5.26 Å². The van der Waals surface area contributed by atoms with Crippen molar-refractivity contribution >= 4 is 11.8 Å². The van der Waals surface area contributed by atoms with Crippen molar-refractivity contribution in [1.29, 1.82) is 5.26 Å². The van der Waals surface area contributed by atoms with Gasteiger partial charge in [-0.1, -0.05) is 19.8 Å². The summed E-state index contributed by atoms with van der Waals surface area (Å²) < 4.78 is 0. The van der Waals surface area contributed by atoms with Crippen molar-refractivity contribution < 1.29 is 9.59 Å². The van der Waals surface area contributed by atoms with Crippen molar-refractivity contribution in [2.75, 3.05) is 26.2 Å². The highest BCUT2D eigenvalue weighted by molar-refractivity contribution is 5.87. The van der Waals surface area contributed by atoms with Crippen LogP contribution < -0.4 is 0 Å². The molecule has 2 rings (SSSR count). The van der Waals surface area contributed by atoms with Crippen molar-refractivity contribution in [3.8, 4) is 6.07 Å². The predicted octanol–water partition coefficient (Wildman–Crippen LogP) is 2.18. The van der Waals surface area contributed by atoms with Gasteiger partial charge in [0.2, 0.25) is 11.8 Å². The Kier molecular flexibility index (Phi) is 6.23. The van der Waals surface area contributed by atoms with Gasteiger partial charge in [0.1, 0.15) is 5.92 Å². The van der Waals surface area contributed by atoms with Crippen LogP contribution in [0.25, 0.3) is 0 Å². The van der Waals surface area contributed by atoms with Crippen LogP contribution in [0.2, 0.25) is 0 Å². The molecule has 0 aromatic rings. The van der Waals surface area contributed by atoms with Crippen LogP contribution in [0.3, 0.4) is 0 Å². The number of carbonyl (C=O) groups excluding carboxylic acids is 2. The molecule has 5 heteroatoms. The van der Waals surface area contributed by atoms with E-state index in [0.717, 1.165) is 64.7 Å². The van der Waals surface area contributed by atoms with Gasteiger partial charge >= 0.3 is 0 Å². The smallest absolute Gasteiger partial charge is 0.240 e. The molecule has 122 valence electrons. The Hall–Kier alpha value is -1.57. The van der Waals surface area contributed by atoms with Gasteiger partial charge in [-0.3, -0.25) is 9.59 Å². The van der Waals surface area contributed by atoms with E-state index in [0.29, 0.717) is 5.92 Å². The van der Waals surface area contributed by atoms with Gasteiger partial charge in [0, 0.05) is 26.2 Å². The Labute approximate surface area is 133 Å². The van der Waals surface area contributed by atoms with E-state index in [1.54, 1.807) is 4.90 Å². The van der Waals surface area contributed by atoms with Crippen molar-refractivity contribution in [1.82, 2.24) is 9.80 Å². The van der Waals surface area contributed by atoms with E-state index in [4.69, 9.17) is 0 Å². The zero-order valence-corrected chi connectivity index (χ0v) is 13.6. The first kappa shape index (κ1) is 16.8. The van der Waals surface area contributed by atoms with E-state index in [1.165, 1.54) is 0 Å². The SMILES string of the molecule is CC1CCN(C(=O)C(C#N)CC(=O)N2CCCCCC2)CC1. The van der Waals surface area contributed by atoms with Crippen LogP contribution in [0.15, 0.2) is 0 Å². The number of nitriles is 1. The molecule has 0 bridgehead atoms. The summed E-state index contributed by atoms with van der Waals surface area (Å²) in [6, 6.07) is 2.06. The first-order valence-corrected chi connectivity index (χ1v) is 8.58. The lowest BCUT2D eigenvalue weighted by molar-refractivity contribution is -0.140. The van der Waals surface area contributed by atoms with E-state index < -0.39 is 5.92 Å². The minimum atomic E-state index is -0.816. The molecule has 2 fully saturated rings. The minimum Gasteiger partial charge on any atom is -0.343 e. The largest absolute Gasteiger partial charge is 0.343 e. The highest BCUT2D eigenvalue weighted by Crippen LogP contribution is 2.20. The van der Waals surface area contributed by atoms with Crippen LogP contribution >= 0.6 is 0 Å². The molecule has 0 aliphatic carbocycles. The van der Waals surface area contributed by atoms with Crippen molar-refractivity contribution in [2.24, 2.45) is 11.8 Å². The topological polar surface area (TPSA) is 64.4 Å². The van der Waals surface area contributed by atoms with E-state index in [1.807, 2.05) is 4.90 Å². The lowest BCUT2D eigenvalue weighted by atomic mass is 9.97. The summed E-state index contributed by atoms with van der Waals surface area (Å²) in [5.41, 5.74) is 0. The maximum atomic E-state index is 12.5. The normalized spacial score (nSPS) is 21.8. The standard InChI is InChI=1S/C17H27N3O2/c1-14-6-10-20(11-7-14)17(22)15(13-18)12-16(21)19-8-4-2-3-5-9-19/h14-15H,2-12H2,1H3. The zero-order chi connectivity index (χ0) is 15.9. The molecular formula is C17H27N3O2. The Balaban J connectivity index is 1.89. The third-order valence-electron chi connectivity index (χ3n) is 4.89. The Bertz CT molecular complexity index is 428. The quantitative estimate of drug-likeness (QED) is 0.802. The van der Waals surface area contributed by atoms with Crippen LogP contribution in [0, 0.1) is 23.2 Å². The van der Waals surface area contributed by atoms with Gasteiger partial charge in [-0.15, -0.1) is 0 Å². The number of rotatable bonds is 3. The van der Waals surface area contributed by atoms with Crippen LogP contribution in [0.4, 0.5) is 0 Å². The first-order chi connectivity index (χ1) is 10.6. The van der Waals surface area contributed by atoms with Gasteiger partial charge in [-0.05, 0) is 31.6 Å². The third-order valence-corrected chi connectivity index (χ3v) is 4.89. The van der Waals surface area contributed by atoms with Gasteiger partial charge in [0.15, 0.2) is 0 Å². The molecule has 0 aromatic carbocycles. The average Bonchev–Trinajstić information content (AvgIpc) is 2.81. The monoisotopic (exact) mass is 305 g/mol. The molecule has 0 N–H and O–H groups in total. The summed E-state index contributed by atoms with van der Waals surface area (Å²) in [6.07, 6.45) is 6.41. The summed E-state index contributed by atoms with van der Waals surface area (Å²) in [4.78, 5) is 28.4. The minimum absolute atomic E-state index is 0.0350. The summed E-state index contributed by atoms with van der Waals surface area (Å²) >= 11 is 0. The molecule has 2 saturated heterocycles. The molecule has 0 spiro atoms. The number of piperidine rings is 1. The number of hydrogen-bond donors (Lipinski definition) is 0. The molecule has 2 aliphatic rings. The van der Waals surface area contributed by atoms with Crippen LogP contribution in [-0.2, 0) is 9.59 Å². The molecular weight excluding hydrogens is 278 g/mol. The van der Waals surface area contributed by atoms with E-state index in [-0.39, 0.29) is 18.2 Å². The van der Waals surface area contributed by atoms with Crippen LogP contribution in [0.1, 0.15) is 51.9 Å². The van der Waals surface area contributed by atoms with Crippen molar-refractivity contribution in [3.63, 3.8) is 0 Å². The maximum absolute atomic E-state index is 12.5. The number of likely N-dealkylation sites (tertiary alicyclic amines) is 2. The number of carbonyl (C=O) groups is 2. The summed E-state index contributed by atoms with van der Waals surface area (Å²) in [5, 5.41) is 9.31. The summed E-state index contributed by atoms with van der Waals surface area (Å²) in [7, 11) is 0. The molecule has 1 atom stereocenters. The zero-order valence-electron chi connectivity index (χ0n) is 13.6. The highest BCUT2D eigenvalue weighted by atomic mass is 16.2. The molecule has 0 radical (unpaired) electrons. The second-order valence-corrected chi connectivity index (χ2v) is 6.69. The third kappa shape index (κ3) is 4.46. The molecule has 0 saturated carbocycles. The average molecular weight is 305 g/mol. The summed E-state index contributed by atoms with van der Waals surface area (Å²) in [6.45, 7) is 5.16. The second kappa shape index (κ2) is 8.17. The summed E-state index contributed by atoms with van der Waals surface area (Å²) in [5.74, 6) is -0.364. The van der Waals surface area contributed by atoms with Gasteiger partial charge in [0.25, 0.3) is 0 Å². The van der Waals surface area contributed by atoms with E-state index in [9.17, 15) is 14.9 Å². The van der Waals surface area contributed by atoms with Crippen molar-refractivity contribution in [3.05, 3.63) is 0 Å². The van der Waals surface area contributed by atoms with E-state index in [2.05, 4.69) is 13.0 Å². The van der Waals surface area contributed by atoms with Crippen molar-refractivity contribution in [2.45, 2.75) is 51.9 Å². The fourth-order valence-electron chi connectivity index (χ4n) is 3.26. The van der Waals surface area contributed by atoms with Crippen LogP contribution in [0.5, 0.6) is 0 Å². The number of hydrogen-bond acceptors (Lipinski definition) is 3. The van der Waals surface area contributed by atoms with Gasteiger partial charge < -0.3 is 9.80 Å². The van der Waals surface area contributed by atoms with Gasteiger partial charge in [-0.25, -0.2) is 0 Å². The highest BCUT2D eigenvalue weighted by Gasteiger charge is 2.30.